The van der Waals surface area contributed by atoms with Gasteiger partial charge in [-0.25, -0.2) is 13.1 Å². The first kappa shape index (κ1) is 23.7. The SMILES string of the molecule is COc1cccc2c(CCN3CCC(O)(CNS(=O)(=O)c4cccc5cnccc45)CC3)coc12. The highest BCUT2D eigenvalue weighted by Gasteiger charge is 2.34. The zero-order valence-corrected chi connectivity index (χ0v) is 20.4. The maximum atomic E-state index is 13.0. The first-order valence-corrected chi connectivity index (χ1v) is 13.2. The van der Waals surface area contributed by atoms with Crippen molar-refractivity contribution >= 4 is 31.8 Å². The molecule has 9 heteroatoms. The molecule has 0 unspecified atom stereocenters. The molecule has 0 radical (unpaired) electrons. The van der Waals surface area contributed by atoms with Crippen LogP contribution in [0, 0.1) is 0 Å². The Kier molecular flexibility index (Phi) is 6.50. The van der Waals surface area contributed by atoms with Crippen LogP contribution >= 0.6 is 0 Å². The molecule has 1 aliphatic rings. The second-order valence-corrected chi connectivity index (χ2v) is 10.8. The van der Waals surface area contributed by atoms with E-state index in [9.17, 15) is 13.5 Å². The third-order valence-corrected chi connectivity index (χ3v) is 8.33. The number of pyridine rings is 1. The van der Waals surface area contributed by atoms with E-state index in [4.69, 9.17) is 9.15 Å². The summed E-state index contributed by atoms with van der Waals surface area (Å²) in [6.07, 6.45) is 6.81. The number of hydrogen-bond acceptors (Lipinski definition) is 7. The highest BCUT2D eigenvalue weighted by molar-refractivity contribution is 7.89. The van der Waals surface area contributed by atoms with E-state index < -0.39 is 15.6 Å². The molecule has 1 fully saturated rings. The first-order valence-electron chi connectivity index (χ1n) is 11.7. The molecule has 2 aromatic carbocycles. The molecule has 8 nitrogen and oxygen atoms in total. The second kappa shape index (κ2) is 9.58. The summed E-state index contributed by atoms with van der Waals surface area (Å²) >= 11 is 0. The van der Waals surface area contributed by atoms with Gasteiger partial charge in [0.2, 0.25) is 10.0 Å². The Morgan fingerprint density at radius 1 is 1.14 bits per heavy atom. The van der Waals surface area contributed by atoms with E-state index in [1.54, 1.807) is 44.0 Å². The van der Waals surface area contributed by atoms with Crippen LogP contribution < -0.4 is 9.46 Å². The zero-order valence-electron chi connectivity index (χ0n) is 19.6. The van der Waals surface area contributed by atoms with Crippen LogP contribution in [0.15, 0.2) is 70.4 Å². The normalized spacial score (nSPS) is 16.6. The number of benzene rings is 2. The average molecular weight is 496 g/mol. The summed E-state index contributed by atoms with van der Waals surface area (Å²) in [7, 11) is -2.15. The Balaban J connectivity index is 1.18. The van der Waals surface area contributed by atoms with Gasteiger partial charge in [0.25, 0.3) is 0 Å². The molecule has 2 N–H and O–H groups in total. The minimum absolute atomic E-state index is 0.0171. The van der Waals surface area contributed by atoms with Crippen molar-refractivity contribution in [2.75, 3.05) is 33.3 Å². The van der Waals surface area contributed by atoms with Crippen molar-refractivity contribution in [3.63, 3.8) is 0 Å². The number of fused-ring (bicyclic) bond motifs is 2. The lowest BCUT2D eigenvalue weighted by Crippen LogP contribution is -2.51. The number of likely N-dealkylation sites (tertiary alicyclic amines) is 1. The van der Waals surface area contributed by atoms with E-state index in [0.717, 1.165) is 40.6 Å². The fourth-order valence-electron chi connectivity index (χ4n) is 4.72. The number of piperidine rings is 1. The topological polar surface area (TPSA) is 105 Å². The maximum absolute atomic E-state index is 13.0. The zero-order chi connectivity index (χ0) is 24.5. The van der Waals surface area contributed by atoms with Gasteiger partial charge in [-0.1, -0.05) is 24.3 Å². The van der Waals surface area contributed by atoms with Crippen LogP contribution in [-0.4, -0.2) is 62.3 Å². The molecule has 0 amide bonds. The monoisotopic (exact) mass is 495 g/mol. The summed E-state index contributed by atoms with van der Waals surface area (Å²) in [5.74, 6) is 0.722. The van der Waals surface area contributed by atoms with E-state index >= 15 is 0 Å². The third kappa shape index (κ3) is 4.90. The Morgan fingerprint density at radius 3 is 2.74 bits per heavy atom. The highest BCUT2D eigenvalue weighted by atomic mass is 32.2. The van der Waals surface area contributed by atoms with Gasteiger partial charge in [-0.3, -0.25) is 4.98 Å². The molecular formula is C26H29N3O5S. The molecule has 184 valence electrons. The minimum Gasteiger partial charge on any atom is -0.493 e. The smallest absolute Gasteiger partial charge is 0.241 e. The average Bonchev–Trinajstić information content (AvgIpc) is 3.30. The highest BCUT2D eigenvalue weighted by Crippen LogP contribution is 2.30. The number of rotatable bonds is 8. The molecule has 0 aliphatic carbocycles. The van der Waals surface area contributed by atoms with Crippen LogP contribution in [0.5, 0.6) is 5.75 Å². The molecule has 0 atom stereocenters. The van der Waals surface area contributed by atoms with Crippen LogP contribution in [0.4, 0.5) is 0 Å². The van der Waals surface area contributed by atoms with Crippen LogP contribution in [0.2, 0.25) is 0 Å². The minimum atomic E-state index is -3.78. The molecule has 0 saturated carbocycles. The predicted molar refractivity (Wildman–Crippen MR) is 134 cm³/mol. The number of furan rings is 1. The Hall–Kier alpha value is -2.98. The van der Waals surface area contributed by atoms with Crippen molar-refractivity contribution in [2.24, 2.45) is 0 Å². The summed E-state index contributed by atoms with van der Waals surface area (Å²) in [4.78, 5) is 6.54. The lowest BCUT2D eigenvalue weighted by atomic mass is 9.91. The number of para-hydroxylation sites is 1. The van der Waals surface area contributed by atoms with Crippen LogP contribution in [-0.2, 0) is 16.4 Å². The van der Waals surface area contributed by atoms with E-state index in [1.165, 1.54) is 0 Å². The van der Waals surface area contributed by atoms with Gasteiger partial charge in [-0.15, -0.1) is 0 Å². The van der Waals surface area contributed by atoms with Crippen molar-refractivity contribution in [3.05, 3.63) is 66.7 Å². The molecule has 2 aromatic heterocycles. The second-order valence-electron chi connectivity index (χ2n) is 9.09. The predicted octanol–water partition coefficient (Wildman–Crippen LogP) is 3.34. The molecule has 1 aliphatic heterocycles. The molecule has 3 heterocycles. The summed E-state index contributed by atoms with van der Waals surface area (Å²) in [5.41, 5.74) is 0.802. The lowest BCUT2D eigenvalue weighted by Gasteiger charge is -2.38. The van der Waals surface area contributed by atoms with Gasteiger partial charge in [0.05, 0.1) is 23.9 Å². The van der Waals surface area contributed by atoms with E-state index in [0.29, 0.717) is 31.3 Å². The summed E-state index contributed by atoms with van der Waals surface area (Å²) in [6, 6.07) is 12.7. The first-order chi connectivity index (χ1) is 16.9. The van der Waals surface area contributed by atoms with Gasteiger partial charge in [-0.05, 0) is 43.0 Å². The van der Waals surface area contributed by atoms with Crippen molar-refractivity contribution in [3.8, 4) is 5.75 Å². The molecule has 0 spiro atoms. The van der Waals surface area contributed by atoms with Gasteiger partial charge in [0.1, 0.15) is 0 Å². The van der Waals surface area contributed by atoms with E-state index in [-0.39, 0.29) is 11.4 Å². The van der Waals surface area contributed by atoms with Crippen molar-refractivity contribution in [1.82, 2.24) is 14.6 Å². The van der Waals surface area contributed by atoms with Crippen molar-refractivity contribution < 1.29 is 22.7 Å². The number of ether oxygens (including phenoxy) is 1. The Labute approximate surface area is 204 Å². The number of nitrogens with one attached hydrogen (secondary N) is 1. The number of nitrogens with zero attached hydrogens (tertiary/aromatic N) is 2. The third-order valence-electron chi connectivity index (χ3n) is 6.87. The fourth-order valence-corrected chi connectivity index (χ4v) is 6.07. The van der Waals surface area contributed by atoms with Crippen LogP contribution in [0.3, 0.4) is 0 Å². The summed E-state index contributed by atoms with van der Waals surface area (Å²) < 4.78 is 39.7. The standard InChI is InChI=1S/C26H29N3O5S/c1-33-23-6-3-5-22-20(17-34-25(22)23)9-13-29-14-10-26(30,11-15-29)18-28-35(31,32)24-7-2-4-19-16-27-12-8-21(19)24/h2-8,12,16-17,28,30H,9-11,13-15,18H2,1H3. The number of aliphatic hydroxyl groups is 1. The number of methoxy groups -OCH3 is 1. The lowest BCUT2D eigenvalue weighted by molar-refractivity contribution is -0.0158. The molecule has 4 aromatic rings. The van der Waals surface area contributed by atoms with Crippen molar-refractivity contribution in [1.29, 1.82) is 0 Å². The fraction of sp³-hybridized carbons (Fsp3) is 0.346. The van der Waals surface area contributed by atoms with E-state index in [1.807, 2.05) is 24.3 Å². The Bertz CT molecular complexity index is 1440. The molecule has 1 saturated heterocycles. The quantitative estimate of drug-likeness (QED) is 0.386. The molecule has 35 heavy (non-hydrogen) atoms. The van der Waals surface area contributed by atoms with Gasteiger partial charge >= 0.3 is 0 Å². The summed E-state index contributed by atoms with van der Waals surface area (Å²) in [5, 5.41) is 13.5. The summed E-state index contributed by atoms with van der Waals surface area (Å²) in [6.45, 7) is 2.20. The number of sulfonamides is 1. The molecule has 0 bridgehead atoms. The maximum Gasteiger partial charge on any atom is 0.241 e. The van der Waals surface area contributed by atoms with Gasteiger partial charge < -0.3 is 19.2 Å². The number of aromatic nitrogens is 1. The molecule has 5 rings (SSSR count). The van der Waals surface area contributed by atoms with E-state index in [2.05, 4.69) is 14.6 Å². The number of hydrogen-bond donors (Lipinski definition) is 2. The Morgan fingerprint density at radius 2 is 1.94 bits per heavy atom. The van der Waals surface area contributed by atoms with Crippen molar-refractivity contribution in [2.45, 2.75) is 29.8 Å². The molecular weight excluding hydrogens is 466 g/mol. The van der Waals surface area contributed by atoms with Crippen LogP contribution in [0.25, 0.3) is 21.7 Å². The van der Waals surface area contributed by atoms with Gasteiger partial charge in [0.15, 0.2) is 11.3 Å². The van der Waals surface area contributed by atoms with Gasteiger partial charge in [0, 0.05) is 54.7 Å². The van der Waals surface area contributed by atoms with Crippen LogP contribution in [0.1, 0.15) is 18.4 Å². The largest absolute Gasteiger partial charge is 0.493 e. The van der Waals surface area contributed by atoms with Gasteiger partial charge in [-0.2, -0.15) is 0 Å².